The van der Waals surface area contributed by atoms with E-state index in [9.17, 15) is 19.4 Å². The van der Waals surface area contributed by atoms with E-state index in [1.54, 1.807) is 6.08 Å². The van der Waals surface area contributed by atoms with Crippen LogP contribution >= 0.6 is 7.82 Å². The summed E-state index contributed by atoms with van der Waals surface area (Å²) in [4.78, 5) is 25.6. The van der Waals surface area contributed by atoms with Crippen LogP contribution in [0.4, 0.5) is 0 Å². The van der Waals surface area contributed by atoms with Crippen molar-refractivity contribution < 1.29 is 32.9 Å². The molecule has 1 amide bonds. The first-order valence-corrected chi connectivity index (χ1v) is 37.2. The van der Waals surface area contributed by atoms with E-state index < -0.39 is 20.0 Å². The van der Waals surface area contributed by atoms with Gasteiger partial charge in [0.15, 0.2) is 0 Å². The molecule has 0 heterocycles. The standard InChI is InChI=1S/C76H137N2O6P/c1-6-8-10-12-14-16-18-20-22-24-26-28-30-31-32-33-34-35-36-37-38-39-40-41-42-43-44-45-46-47-48-50-52-54-56-58-60-62-64-66-68-70-76(80)77-74(73-84-85(81,82)83-72-71-78(3,4)5)75(79)69-67-65-63-61-59-57-55-53-51-49-29-27-25-23-21-19-17-15-13-11-9-7-2/h8,10,14,16,20,22,26,28,31-32,34-35,37-38,40-41,67,69,74-75,79H,6-7,9,11-13,15,17-19,21,23-25,27,29-30,33,36,39,42-66,68,70-73H2,1-5H3,(H-,77,80,81,82)/b10-8-,16-14-,22-20-,28-26-,32-31-,35-34-,38-37-,41-40-,69-67+. The third-order valence-corrected chi connectivity index (χ3v) is 16.7. The molecule has 0 aromatic rings. The second-order valence-electron chi connectivity index (χ2n) is 25.2. The second kappa shape index (κ2) is 65.6. The van der Waals surface area contributed by atoms with E-state index in [1.165, 1.54) is 205 Å². The molecule has 3 unspecified atom stereocenters. The fourth-order valence-electron chi connectivity index (χ4n) is 10.2. The minimum Gasteiger partial charge on any atom is -0.756 e. The number of carbonyl (C=O) groups is 1. The summed E-state index contributed by atoms with van der Waals surface area (Å²) in [5.41, 5.74) is 0. The quantitative estimate of drug-likeness (QED) is 0.0272. The van der Waals surface area contributed by atoms with Crippen LogP contribution in [-0.4, -0.2) is 68.5 Å². The molecule has 0 aromatic heterocycles. The number of likely N-dealkylation sites (N-methyl/N-ethyl adjacent to an activating group) is 1. The zero-order chi connectivity index (χ0) is 61.9. The molecule has 2 N–H and O–H groups in total. The van der Waals surface area contributed by atoms with Crippen molar-refractivity contribution in [1.82, 2.24) is 5.32 Å². The fourth-order valence-corrected chi connectivity index (χ4v) is 11.0. The molecular weight excluding hydrogens is 1070 g/mol. The first-order chi connectivity index (χ1) is 41.5. The van der Waals surface area contributed by atoms with Crippen molar-refractivity contribution in [2.45, 2.75) is 328 Å². The molecule has 0 radical (unpaired) electrons. The number of allylic oxidation sites excluding steroid dienone is 17. The molecule has 0 aromatic carbocycles. The van der Waals surface area contributed by atoms with E-state index in [0.717, 1.165) is 89.9 Å². The first kappa shape index (κ1) is 82.2. The highest BCUT2D eigenvalue weighted by Gasteiger charge is 2.23. The number of hydrogen-bond acceptors (Lipinski definition) is 6. The van der Waals surface area contributed by atoms with Crippen LogP contribution in [0.2, 0.25) is 0 Å². The molecule has 0 bridgehead atoms. The van der Waals surface area contributed by atoms with Crippen molar-refractivity contribution in [3.05, 3.63) is 109 Å². The molecule has 3 atom stereocenters. The maximum atomic E-state index is 13.0. The zero-order valence-electron chi connectivity index (χ0n) is 56.3. The first-order valence-electron chi connectivity index (χ1n) is 35.7. The van der Waals surface area contributed by atoms with Gasteiger partial charge in [-0.2, -0.15) is 0 Å². The lowest BCUT2D eigenvalue weighted by Gasteiger charge is -2.29. The molecule has 0 rings (SSSR count). The lowest BCUT2D eigenvalue weighted by Crippen LogP contribution is -2.45. The fraction of sp³-hybridized carbons (Fsp3) is 0.750. The van der Waals surface area contributed by atoms with Crippen LogP contribution in [0.3, 0.4) is 0 Å². The minimum absolute atomic E-state index is 0.00313. The monoisotopic (exact) mass is 1210 g/mol. The Morgan fingerprint density at radius 3 is 1.05 bits per heavy atom. The van der Waals surface area contributed by atoms with Gasteiger partial charge in [-0.25, -0.2) is 0 Å². The summed E-state index contributed by atoms with van der Waals surface area (Å²) in [6.07, 6.45) is 96.3. The highest BCUT2D eigenvalue weighted by Crippen LogP contribution is 2.38. The minimum atomic E-state index is -4.61. The number of phosphoric acid groups is 1. The Hall–Kier alpha value is -2.84. The molecule has 0 saturated carbocycles. The Bertz CT molecular complexity index is 1760. The summed E-state index contributed by atoms with van der Waals surface area (Å²) in [6, 6.07) is -0.892. The van der Waals surface area contributed by atoms with Crippen LogP contribution in [0.1, 0.15) is 316 Å². The van der Waals surface area contributed by atoms with Gasteiger partial charge in [-0.05, 0) is 83.5 Å². The van der Waals surface area contributed by atoms with Crippen LogP contribution < -0.4 is 10.2 Å². The smallest absolute Gasteiger partial charge is 0.268 e. The van der Waals surface area contributed by atoms with Crippen molar-refractivity contribution in [2.24, 2.45) is 0 Å². The molecule has 0 fully saturated rings. The van der Waals surface area contributed by atoms with Crippen LogP contribution in [0.15, 0.2) is 109 Å². The molecule has 0 saturated heterocycles. The lowest BCUT2D eigenvalue weighted by molar-refractivity contribution is -0.870. The predicted octanol–water partition coefficient (Wildman–Crippen LogP) is 22.4. The molecule has 0 aliphatic rings. The van der Waals surface area contributed by atoms with Crippen molar-refractivity contribution in [3.8, 4) is 0 Å². The second-order valence-corrected chi connectivity index (χ2v) is 26.6. The number of amides is 1. The molecule has 492 valence electrons. The van der Waals surface area contributed by atoms with Gasteiger partial charge in [0.25, 0.3) is 7.82 Å². The predicted molar refractivity (Wildman–Crippen MR) is 371 cm³/mol. The number of hydrogen-bond donors (Lipinski definition) is 2. The van der Waals surface area contributed by atoms with Crippen LogP contribution in [0.5, 0.6) is 0 Å². The van der Waals surface area contributed by atoms with Crippen molar-refractivity contribution in [1.29, 1.82) is 0 Å². The average Bonchev–Trinajstić information content (AvgIpc) is 3.48. The molecule has 8 nitrogen and oxygen atoms in total. The Morgan fingerprint density at radius 1 is 0.424 bits per heavy atom. The van der Waals surface area contributed by atoms with Gasteiger partial charge in [0, 0.05) is 6.42 Å². The van der Waals surface area contributed by atoms with Gasteiger partial charge >= 0.3 is 0 Å². The van der Waals surface area contributed by atoms with E-state index in [4.69, 9.17) is 9.05 Å². The summed E-state index contributed by atoms with van der Waals surface area (Å²) >= 11 is 0. The topological polar surface area (TPSA) is 108 Å². The highest BCUT2D eigenvalue weighted by molar-refractivity contribution is 7.45. The van der Waals surface area contributed by atoms with Gasteiger partial charge in [-0.1, -0.05) is 335 Å². The average molecular weight is 1210 g/mol. The Balaban J connectivity index is 4.03. The summed E-state index contributed by atoms with van der Waals surface area (Å²) in [6.45, 7) is 4.56. The number of nitrogens with one attached hydrogen (secondary N) is 1. The number of carbonyl (C=O) groups excluding carboxylic acids is 1. The third kappa shape index (κ3) is 68.5. The molecule has 0 aliphatic heterocycles. The number of unbranched alkanes of at least 4 members (excludes halogenated alkanes) is 36. The van der Waals surface area contributed by atoms with Crippen molar-refractivity contribution in [3.63, 3.8) is 0 Å². The number of nitrogens with zero attached hydrogens (tertiary/aromatic N) is 1. The van der Waals surface area contributed by atoms with Gasteiger partial charge in [0.05, 0.1) is 39.9 Å². The zero-order valence-corrected chi connectivity index (χ0v) is 57.2. The highest BCUT2D eigenvalue weighted by atomic mass is 31.2. The van der Waals surface area contributed by atoms with E-state index >= 15 is 0 Å². The number of aliphatic hydroxyl groups excluding tert-OH is 1. The van der Waals surface area contributed by atoms with E-state index in [1.807, 2.05) is 27.2 Å². The molecule has 85 heavy (non-hydrogen) atoms. The molecule has 0 spiro atoms. The van der Waals surface area contributed by atoms with Crippen molar-refractivity contribution >= 4 is 13.7 Å². The summed E-state index contributed by atoms with van der Waals surface area (Å²) in [5.74, 6) is -0.196. The van der Waals surface area contributed by atoms with Gasteiger partial charge in [-0.15, -0.1) is 0 Å². The maximum absolute atomic E-state index is 13.0. The van der Waals surface area contributed by atoms with Crippen LogP contribution in [0.25, 0.3) is 0 Å². The van der Waals surface area contributed by atoms with Crippen molar-refractivity contribution in [2.75, 3.05) is 40.9 Å². The molecular formula is C76H137N2O6P. The Kier molecular flexibility index (Phi) is 63.4. The van der Waals surface area contributed by atoms with Crippen LogP contribution in [0, 0.1) is 0 Å². The Morgan fingerprint density at radius 2 is 0.718 bits per heavy atom. The normalized spacial score (nSPS) is 14.3. The molecule has 0 aliphatic carbocycles. The number of aliphatic hydroxyl groups is 1. The summed E-state index contributed by atoms with van der Waals surface area (Å²) in [5, 5.41) is 14.0. The van der Waals surface area contributed by atoms with Gasteiger partial charge in [0.1, 0.15) is 13.2 Å². The number of rotatable bonds is 65. The lowest BCUT2D eigenvalue weighted by atomic mass is 10.0. The van der Waals surface area contributed by atoms with Gasteiger partial charge in [-0.3, -0.25) is 9.36 Å². The van der Waals surface area contributed by atoms with Gasteiger partial charge < -0.3 is 28.8 Å². The number of quaternary nitrogens is 1. The SMILES string of the molecule is CC/C=C\C/C=C\C/C=C\C/C=C\C/C=C\C/C=C\C/C=C\C/C=C\CCCCCCCCCCCCCCCCCCC(=O)NC(COP(=O)([O-])OCC[N+](C)(C)C)C(O)/C=C/CCCCCCCCCCCCCCCCCCCCCC. The summed E-state index contributed by atoms with van der Waals surface area (Å²) < 4.78 is 23.5. The summed E-state index contributed by atoms with van der Waals surface area (Å²) in [7, 11) is 1.26. The number of phosphoric ester groups is 1. The molecule has 9 heteroatoms. The van der Waals surface area contributed by atoms with E-state index in [2.05, 4.69) is 116 Å². The van der Waals surface area contributed by atoms with E-state index in [-0.39, 0.29) is 19.1 Å². The largest absolute Gasteiger partial charge is 0.756 e. The van der Waals surface area contributed by atoms with Gasteiger partial charge in [0.2, 0.25) is 5.91 Å². The van der Waals surface area contributed by atoms with Crippen LogP contribution in [-0.2, 0) is 18.4 Å². The maximum Gasteiger partial charge on any atom is 0.268 e. The Labute approximate surface area is 527 Å². The van der Waals surface area contributed by atoms with E-state index in [0.29, 0.717) is 17.4 Å². The third-order valence-electron chi connectivity index (χ3n) is 15.7.